The highest BCUT2D eigenvalue weighted by Gasteiger charge is 2.19. The van der Waals surface area contributed by atoms with E-state index in [9.17, 15) is 4.79 Å². The number of halogens is 1. The van der Waals surface area contributed by atoms with Gasteiger partial charge in [0.15, 0.2) is 5.76 Å². The van der Waals surface area contributed by atoms with Crippen molar-refractivity contribution in [3.8, 4) is 11.7 Å². The predicted octanol–water partition coefficient (Wildman–Crippen LogP) is 3.47. The second-order valence-corrected chi connectivity index (χ2v) is 8.00. The van der Waals surface area contributed by atoms with Crippen molar-refractivity contribution in [3.63, 3.8) is 0 Å². The minimum Gasteiger partial charge on any atom is -0.459 e. The predicted molar refractivity (Wildman–Crippen MR) is 113 cm³/mol. The van der Waals surface area contributed by atoms with Crippen LogP contribution in [0.4, 0.5) is 11.4 Å². The summed E-state index contributed by atoms with van der Waals surface area (Å²) >= 11 is 7.33. The van der Waals surface area contributed by atoms with Gasteiger partial charge in [-0.2, -0.15) is 0 Å². The van der Waals surface area contributed by atoms with Gasteiger partial charge >= 0.3 is 0 Å². The van der Waals surface area contributed by atoms with Gasteiger partial charge in [-0.05, 0) is 37.4 Å². The third kappa shape index (κ3) is 4.92. The van der Waals surface area contributed by atoms with Crippen molar-refractivity contribution in [1.82, 2.24) is 15.1 Å². The molecule has 0 saturated carbocycles. The molecule has 4 rings (SSSR count). The molecule has 1 aliphatic heterocycles. The lowest BCUT2D eigenvalue weighted by molar-refractivity contribution is -0.113. The number of nitrogens with zero attached hydrogens (tertiary/aromatic N) is 4. The van der Waals surface area contributed by atoms with Crippen molar-refractivity contribution in [2.24, 2.45) is 0 Å². The molecule has 10 heteroatoms. The lowest BCUT2D eigenvalue weighted by Crippen LogP contribution is -2.44. The second-order valence-electron chi connectivity index (χ2n) is 6.64. The molecule has 1 N–H and O–H groups in total. The van der Waals surface area contributed by atoms with Crippen LogP contribution >= 0.6 is 23.4 Å². The fraction of sp³-hybridized carbons (Fsp3) is 0.316. The molecule has 152 valence electrons. The number of hydrogen-bond donors (Lipinski definition) is 1. The molecule has 1 aromatic carbocycles. The highest BCUT2D eigenvalue weighted by molar-refractivity contribution is 7.99. The number of anilines is 2. The smallest absolute Gasteiger partial charge is 0.284 e. The highest BCUT2D eigenvalue weighted by Crippen LogP contribution is 2.30. The number of carbonyl (C=O) groups is 1. The van der Waals surface area contributed by atoms with Crippen molar-refractivity contribution < 1.29 is 13.6 Å². The fourth-order valence-corrected chi connectivity index (χ4v) is 3.75. The topological polar surface area (TPSA) is 87.6 Å². The Morgan fingerprint density at radius 3 is 2.83 bits per heavy atom. The van der Waals surface area contributed by atoms with Gasteiger partial charge in [-0.25, -0.2) is 0 Å². The number of rotatable bonds is 6. The zero-order valence-corrected chi connectivity index (χ0v) is 17.4. The summed E-state index contributed by atoms with van der Waals surface area (Å²) in [6.45, 7) is 3.74. The Balaban J connectivity index is 1.39. The second kappa shape index (κ2) is 8.89. The van der Waals surface area contributed by atoms with Crippen LogP contribution in [0.1, 0.15) is 0 Å². The van der Waals surface area contributed by atoms with E-state index in [1.165, 1.54) is 6.26 Å². The quantitative estimate of drug-likeness (QED) is 0.591. The monoisotopic (exact) mass is 433 g/mol. The average molecular weight is 434 g/mol. The Morgan fingerprint density at radius 2 is 2.07 bits per heavy atom. The first-order valence-electron chi connectivity index (χ1n) is 9.11. The van der Waals surface area contributed by atoms with Crippen LogP contribution in [0.25, 0.3) is 11.7 Å². The Morgan fingerprint density at radius 1 is 1.24 bits per heavy atom. The summed E-state index contributed by atoms with van der Waals surface area (Å²) in [6, 6.07) is 9.04. The van der Waals surface area contributed by atoms with Gasteiger partial charge < -0.3 is 24.0 Å². The summed E-state index contributed by atoms with van der Waals surface area (Å²) in [5.74, 6) is 0.731. The third-order valence-corrected chi connectivity index (χ3v) is 5.60. The molecule has 1 aliphatic rings. The van der Waals surface area contributed by atoms with Crippen molar-refractivity contribution in [2.45, 2.75) is 5.22 Å². The number of hydrogen-bond acceptors (Lipinski definition) is 8. The van der Waals surface area contributed by atoms with Crippen molar-refractivity contribution >= 4 is 40.6 Å². The summed E-state index contributed by atoms with van der Waals surface area (Å²) in [5, 5.41) is 11.7. The standard InChI is InChI=1S/C19H20ClN5O3S/c1-24-6-8-25(9-7-24)15-5-4-13(20)11-14(15)21-17(26)12-29-19-23-22-18(28-19)16-3-2-10-27-16/h2-5,10-11H,6-9,12H2,1H3,(H,21,26). The van der Waals surface area contributed by atoms with Crippen molar-refractivity contribution in [2.75, 3.05) is 49.2 Å². The van der Waals surface area contributed by atoms with E-state index in [0.29, 0.717) is 21.7 Å². The number of aromatic nitrogens is 2. The average Bonchev–Trinajstić information content (AvgIpc) is 3.39. The lowest BCUT2D eigenvalue weighted by atomic mass is 10.2. The van der Waals surface area contributed by atoms with E-state index >= 15 is 0 Å². The van der Waals surface area contributed by atoms with Crippen LogP contribution in [0.3, 0.4) is 0 Å². The molecule has 0 spiro atoms. The molecule has 1 saturated heterocycles. The molecule has 0 bridgehead atoms. The molecular formula is C19H20ClN5O3S. The molecule has 8 nitrogen and oxygen atoms in total. The number of likely N-dealkylation sites (N-methyl/N-ethyl adjacent to an activating group) is 1. The van der Waals surface area contributed by atoms with E-state index in [1.54, 1.807) is 18.2 Å². The molecule has 0 aliphatic carbocycles. The van der Waals surface area contributed by atoms with Gasteiger partial charge in [-0.1, -0.05) is 23.4 Å². The minimum absolute atomic E-state index is 0.133. The largest absolute Gasteiger partial charge is 0.459 e. The number of piperazine rings is 1. The summed E-state index contributed by atoms with van der Waals surface area (Å²) < 4.78 is 10.7. The van der Waals surface area contributed by atoms with Crippen LogP contribution in [0.2, 0.25) is 5.02 Å². The van der Waals surface area contributed by atoms with Gasteiger partial charge in [0, 0.05) is 31.2 Å². The molecule has 3 heterocycles. The number of amides is 1. The number of benzene rings is 1. The van der Waals surface area contributed by atoms with Crippen LogP contribution in [0.5, 0.6) is 0 Å². The van der Waals surface area contributed by atoms with Gasteiger partial charge in [-0.3, -0.25) is 4.79 Å². The maximum Gasteiger partial charge on any atom is 0.284 e. The van der Waals surface area contributed by atoms with Crippen LogP contribution in [-0.2, 0) is 4.79 Å². The molecule has 2 aromatic heterocycles. The zero-order chi connectivity index (χ0) is 20.2. The van der Waals surface area contributed by atoms with Gasteiger partial charge in [0.2, 0.25) is 5.91 Å². The Kier molecular flexibility index (Phi) is 6.08. The number of thioether (sulfide) groups is 1. The van der Waals surface area contributed by atoms with Crippen LogP contribution in [-0.4, -0.2) is 60.0 Å². The molecule has 1 fully saturated rings. The van der Waals surface area contributed by atoms with Crippen molar-refractivity contribution in [1.29, 1.82) is 0 Å². The first-order valence-corrected chi connectivity index (χ1v) is 10.5. The van der Waals surface area contributed by atoms with Crippen molar-refractivity contribution in [3.05, 3.63) is 41.6 Å². The molecule has 1 amide bonds. The highest BCUT2D eigenvalue weighted by atomic mass is 35.5. The third-order valence-electron chi connectivity index (χ3n) is 4.54. The van der Waals surface area contributed by atoms with Crippen LogP contribution in [0.15, 0.2) is 50.7 Å². The van der Waals surface area contributed by atoms with E-state index < -0.39 is 0 Å². The van der Waals surface area contributed by atoms with E-state index in [4.69, 9.17) is 20.4 Å². The maximum atomic E-state index is 12.5. The first-order chi connectivity index (χ1) is 14.1. The molecule has 0 radical (unpaired) electrons. The Labute approximate surface area is 177 Å². The Hall–Kier alpha value is -2.49. The van der Waals surface area contributed by atoms with E-state index in [2.05, 4.69) is 32.4 Å². The molecule has 0 atom stereocenters. The number of nitrogens with one attached hydrogen (secondary N) is 1. The minimum atomic E-state index is -0.176. The lowest BCUT2D eigenvalue weighted by Gasteiger charge is -2.35. The van der Waals surface area contributed by atoms with Gasteiger partial charge in [0.05, 0.1) is 23.4 Å². The number of carbonyl (C=O) groups excluding carboxylic acids is 1. The zero-order valence-electron chi connectivity index (χ0n) is 15.8. The van der Waals surface area contributed by atoms with E-state index in [0.717, 1.165) is 43.6 Å². The fourth-order valence-electron chi connectivity index (χ4n) is 3.01. The summed E-state index contributed by atoms with van der Waals surface area (Å²) in [7, 11) is 2.11. The van der Waals surface area contributed by atoms with Crippen LogP contribution in [0, 0.1) is 0 Å². The first kappa shape index (κ1) is 19.8. The normalized spacial score (nSPS) is 14.9. The molecule has 3 aromatic rings. The summed E-state index contributed by atoms with van der Waals surface area (Å²) in [4.78, 5) is 17.0. The summed E-state index contributed by atoms with van der Waals surface area (Å²) in [6.07, 6.45) is 1.53. The maximum absolute atomic E-state index is 12.5. The van der Waals surface area contributed by atoms with Gasteiger partial charge in [0.25, 0.3) is 11.1 Å². The van der Waals surface area contributed by atoms with Gasteiger partial charge in [0.1, 0.15) is 0 Å². The van der Waals surface area contributed by atoms with Crippen LogP contribution < -0.4 is 10.2 Å². The van der Waals surface area contributed by atoms with Gasteiger partial charge in [-0.15, -0.1) is 10.2 Å². The van der Waals surface area contributed by atoms with E-state index in [1.807, 2.05) is 12.1 Å². The number of furan rings is 1. The van der Waals surface area contributed by atoms with E-state index in [-0.39, 0.29) is 17.6 Å². The SMILES string of the molecule is CN1CCN(c2ccc(Cl)cc2NC(=O)CSc2nnc(-c3ccco3)o2)CC1. The molecular weight excluding hydrogens is 414 g/mol. The molecule has 29 heavy (non-hydrogen) atoms. The summed E-state index contributed by atoms with van der Waals surface area (Å²) in [5.41, 5.74) is 1.67. The Bertz CT molecular complexity index is 970. The molecule has 0 unspecified atom stereocenters.